The van der Waals surface area contributed by atoms with Gasteiger partial charge in [-0.05, 0) is 38.1 Å². The van der Waals surface area contributed by atoms with E-state index >= 15 is 0 Å². The van der Waals surface area contributed by atoms with Gasteiger partial charge in [0, 0.05) is 32.4 Å². The summed E-state index contributed by atoms with van der Waals surface area (Å²) >= 11 is 1.45. The fraction of sp³-hybridized carbons (Fsp3) is 0.458. The highest BCUT2D eigenvalue weighted by Gasteiger charge is 2.24. The zero-order chi connectivity index (χ0) is 23.7. The molecule has 2 aliphatic rings. The highest BCUT2D eigenvalue weighted by Crippen LogP contribution is 2.39. The third kappa shape index (κ3) is 4.66. The standard InChI is InChI=1S/C24H29N5O4S/c1-15-13-29(14-16(2)33-15)20-7-4-17(12-25-20)23(30)27-24-26-21-19(31-3)6-5-18(22(21)34-24)28-8-10-32-11-9-28/h4-7,12,15-16H,8-11,13-14H2,1-3H3,(H,26,27,30)/t15-,16+. The number of thiazole rings is 1. The summed E-state index contributed by atoms with van der Waals surface area (Å²) < 4.78 is 17.8. The Morgan fingerprint density at radius 2 is 1.88 bits per heavy atom. The first-order valence-electron chi connectivity index (χ1n) is 11.5. The van der Waals surface area contributed by atoms with Gasteiger partial charge in [-0.2, -0.15) is 0 Å². The molecule has 9 nitrogen and oxygen atoms in total. The van der Waals surface area contributed by atoms with E-state index in [1.807, 2.05) is 18.2 Å². The minimum atomic E-state index is -0.242. The molecule has 2 atom stereocenters. The second-order valence-corrected chi connectivity index (χ2v) is 9.60. The van der Waals surface area contributed by atoms with Gasteiger partial charge in [-0.1, -0.05) is 11.3 Å². The van der Waals surface area contributed by atoms with Crippen LogP contribution < -0.4 is 19.9 Å². The number of ether oxygens (including phenoxy) is 3. The van der Waals surface area contributed by atoms with Crippen LogP contribution in [-0.4, -0.2) is 74.6 Å². The predicted molar refractivity (Wildman–Crippen MR) is 134 cm³/mol. The van der Waals surface area contributed by atoms with Crippen molar-refractivity contribution >= 4 is 44.1 Å². The monoisotopic (exact) mass is 483 g/mol. The molecule has 1 N–H and O–H groups in total. The van der Waals surface area contributed by atoms with Gasteiger partial charge in [0.15, 0.2) is 5.13 Å². The van der Waals surface area contributed by atoms with Crippen molar-refractivity contribution in [3.8, 4) is 5.75 Å². The van der Waals surface area contributed by atoms with E-state index in [9.17, 15) is 4.79 Å². The molecule has 10 heteroatoms. The summed E-state index contributed by atoms with van der Waals surface area (Å²) in [7, 11) is 1.63. The number of methoxy groups -OCH3 is 1. The third-order valence-corrected chi connectivity index (χ3v) is 7.02. The van der Waals surface area contributed by atoms with Gasteiger partial charge in [-0.15, -0.1) is 0 Å². The first kappa shape index (κ1) is 22.8. The fourth-order valence-electron chi connectivity index (χ4n) is 4.48. The molecule has 34 heavy (non-hydrogen) atoms. The summed E-state index contributed by atoms with van der Waals surface area (Å²) in [4.78, 5) is 26.6. The second kappa shape index (κ2) is 9.73. The molecule has 3 aromatic rings. The summed E-state index contributed by atoms with van der Waals surface area (Å²) in [6, 6.07) is 7.66. The minimum absolute atomic E-state index is 0.145. The SMILES string of the molecule is COc1ccc(N2CCOCC2)c2sc(NC(=O)c3ccc(N4C[C@@H](C)O[C@@H](C)C4)nc3)nc12. The van der Waals surface area contributed by atoms with Gasteiger partial charge in [0.05, 0.1) is 48.5 Å². The zero-order valence-corrected chi connectivity index (χ0v) is 20.4. The van der Waals surface area contributed by atoms with Crippen molar-refractivity contribution in [3.05, 3.63) is 36.0 Å². The predicted octanol–water partition coefficient (Wildman–Crippen LogP) is 3.40. The molecule has 2 saturated heterocycles. The van der Waals surface area contributed by atoms with Crippen molar-refractivity contribution in [2.45, 2.75) is 26.1 Å². The Labute approximate surface area is 202 Å². The first-order valence-corrected chi connectivity index (χ1v) is 12.3. The van der Waals surface area contributed by atoms with Gasteiger partial charge in [0.25, 0.3) is 5.91 Å². The fourth-order valence-corrected chi connectivity index (χ4v) is 5.50. The Morgan fingerprint density at radius 3 is 2.56 bits per heavy atom. The molecule has 0 spiro atoms. The molecule has 2 fully saturated rings. The number of carbonyl (C=O) groups is 1. The van der Waals surface area contributed by atoms with Crippen molar-refractivity contribution in [1.29, 1.82) is 0 Å². The van der Waals surface area contributed by atoms with Gasteiger partial charge in [-0.3, -0.25) is 10.1 Å². The molecular formula is C24H29N5O4S. The number of benzene rings is 1. The largest absolute Gasteiger partial charge is 0.494 e. The molecule has 0 unspecified atom stereocenters. The van der Waals surface area contributed by atoms with Crippen molar-refractivity contribution < 1.29 is 19.0 Å². The van der Waals surface area contributed by atoms with E-state index in [1.54, 1.807) is 19.4 Å². The summed E-state index contributed by atoms with van der Waals surface area (Å²) in [5.41, 5.74) is 2.31. The van der Waals surface area contributed by atoms with Crippen LogP contribution in [0.15, 0.2) is 30.5 Å². The normalized spacial score (nSPS) is 21.0. The molecule has 0 bridgehead atoms. The smallest absolute Gasteiger partial charge is 0.259 e. The first-order chi connectivity index (χ1) is 16.5. The van der Waals surface area contributed by atoms with E-state index in [2.05, 4.69) is 38.9 Å². The van der Waals surface area contributed by atoms with Gasteiger partial charge in [0.1, 0.15) is 17.1 Å². The Balaban J connectivity index is 1.35. The van der Waals surface area contributed by atoms with Gasteiger partial charge in [0.2, 0.25) is 0 Å². The lowest BCUT2D eigenvalue weighted by Crippen LogP contribution is -2.45. The Kier molecular flexibility index (Phi) is 6.53. The molecule has 0 saturated carbocycles. The van der Waals surface area contributed by atoms with Crippen LogP contribution in [0.5, 0.6) is 5.75 Å². The molecule has 1 aromatic carbocycles. The molecule has 5 rings (SSSR count). The van der Waals surface area contributed by atoms with Crippen LogP contribution in [0.4, 0.5) is 16.6 Å². The average Bonchev–Trinajstić information content (AvgIpc) is 3.27. The van der Waals surface area contributed by atoms with Gasteiger partial charge < -0.3 is 24.0 Å². The highest BCUT2D eigenvalue weighted by molar-refractivity contribution is 7.23. The lowest BCUT2D eigenvalue weighted by Gasteiger charge is -2.36. The Hall–Kier alpha value is -2.95. The molecular weight excluding hydrogens is 454 g/mol. The van der Waals surface area contributed by atoms with Crippen molar-refractivity contribution in [1.82, 2.24) is 9.97 Å². The maximum Gasteiger partial charge on any atom is 0.259 e. The number of anilines is 3. The maximum atomic E-state index is 12.9. The molecule has 2 aromatic heterocycles. The number of morpholine rings is 2. The van der Waals surface area contributed by atoms with Crippen LogP contribution >= 0.6 is 11.3 Å². The summed E-state index contributed by atoms with van der Waals surface area (Å²) in [6.07, 6.45) is 1.90. The average molecular weight is 484 g/mol. The lowest BCUT2D eigenvalue weighted by atomic mass is 10.2. The maximum absolute atomic E-state index is 12.9. The van der Waals surface area contributed by atoms with Crippen molar-refractivity contribution in [2.75, 3.05) is 61.6 Å². The summed E-state index contributed by atoms with van der Waals surface area (Å²) in [5, 5.41) is 3.47. The number of carbonyl (C=O) groups excluding carboxylic acids is 1. The van der Waals surface area contributed by atoms with Crippen LogP contribution in [0.3, 0.4) is 0 Å². The molecule has 4 heterocycles. The van der Waals surface area contributed by atoms with E-state index in [0.29, 0.717) is 29.7 Å². The quantitative estimate of drug-likeness (QED) is 0.591. The van der Waals surface area contributed by atoms with Crippen LogP contribution in [0.25, 0.3) is 10.2 Å². The summed E-state index contributed by atoms with van der Waals surface area (Å²) in [5.74, 6) is 1.29. The van der Waals surface area contributed by atoms with Crippen LogP contribution in [0.1, 0.15) is 24.2 Å². The topological polar surface area (TPSA) is 89.1 Å². The van der Waals surface area contributed by atoms with Crippen molar-refractivity contribution in [2.24, 2.45) is 0 Å². The zero-order valence-electron chi connectivity index (χ0n) is 19.6. The number of nitrogens with zero attached hydrogens (tertiary/aromatic N) is 4. The number of amides is 1. The number of fused-ring (bicyclic) bond motifs is 1. The van der Waals surface area contributed by atoms with Crippen LogP contribution in [0.2, 0.25) is 0 Å². The molecule has 2 aliphatic heterocycles. The van der Waals surface area contributed by atoms with Crippen LogP contribution in [-0.2, 0) is 9.47 Å². The Bertz CT molecular complexity index is 1150. The highest BCUT2D eigenvalue weighted by atomic mass is 32.1. The van der Waals surface area contributed by atoms with Gasteiger partial charge in [-0.25, -0.2) is 9.97 Å². The number of pyridine rings is 1. The summed E-state index contributed by atoms with van der Waals surface area (Å²) in [6.45, 7) is 8.70. The van der Waals surface area contributed by atoms with E-state index < -0.39 is 0 Å². The second-order valence-electron chi connectivity index (χ2n) is 8.60. The lowest BCUT2D eigenvalue weighted by molar-refractivity contribution is -0.00546. The number of nitrogens with one attached hydrogen (secondary N) is 1. The molecule has 0 aliphatic carbocycles. The molecule has 1 amide bonds. The van der Waals surface area contributed by atoms with Crippen molar-refractivity contribution in [3.63, 3.8) is 0 Å². The van der Waals surface area contributed by atoms with E-state index in [-0.39, 0.29) is 18.1 Å². The molecule has 180 valence electrons. The minimum Gasteiger partial charge on any atom is -0.494 e. The number of hydrogen-bond donors (Lipinski definition) is 1. The molecule has 0 radical (unpaired) electrons. The van der Waals surface area contributed by atoms with E-state index in [1.165, 1.54) is 11.3 Å². The number of aromatic nitrogens is 2. The number of hydrogen-bond acceptors (Lipinski definition) is 9. The van der Waals surface area contributed by atoms with Gasteiger partial charge >= 0.3 is 0 Å². The van der Waals surface area contributed by atoms with Crippen LogP contribution in [0, 0.1) is 0 Å². The third-order valence-electron chi connectivity index (χ3n) is 6.03. The number of rotatable bonds is 5. The van der Waals surface area contributed by atoms with E-state index in [4.69, 9.17) is 14.2 Å². The van der Waals surface area contributed by atoms with E-state index in [0.717, 1.165) is 47.9 Å². The Morgan fingerprint density at radius 1 is 1.12 bits per heavy atom.